The van der Waals surface area contributed by atoms with Crippen molar-refractivity contribution in [2.24, 2.45) is 10.4 Å². The summed E-state index contributed by atoms with van der Waals surface area (Å²) in [5.41, 5.74) is 0.411. The second-order valence-electron chi connectivity index (χ2n) is 7.36. The molecule has 2 fully saturated rings. The van der Waals surface area contributed by atoms with E-state index in [-0.39, 0.29) is 0 Å². The molecule has 0 radical (unpaired) electrons. The number of hydrogen-bond acceptors (Lipinski definition) is 3. The van der Waals surface area contributed by atoms with Crippen LogP contribution in [-0.4, -0.2) is 74.8 Å². The van der Waals surface area contributed by atoms with Gasteiger partial charge in [-0.15, -0.1) is 0 Å². The standard InChI is InChI=1S/C17H34N4O/c1-5-18-16(21-10-8-17(2,3)14-21)19-13-15-7-6-9-20(15)11-12-22-4/h15H,5-14H2,1-4H3,(H,18,19). The average Bonchev–Trinajstić information content (AvgIpc) is 3.07. The zero-order valence-corrected chi connectivity index (χ0v) is 14.9. The van der Waals surface area contributed by atoms with E-state index in [2.05, 4.69) is 35.9 Å². The lowest BCUT2D eigenvalue weighted by Crippen LogP contribution is -2.42. The van der Waals surface area contributed by atoms with Gasteiger partial charge >= 0.3 is 0 Å². The molecule has 2 heterocycles. The molecule has 0 aromatic heterocycles. The van der Waals surface area contributed by atoms with Crippen LogP contribution in [0.4, 0.5) is 0 Å². The molecule has 0 bridgehead atoms. The number of guanidine groups is 1. The van der Waals surface area contributed by atoms with E-state index in [9.17, 15) is 0 Å². The van der Waals surface area contributed by atoms with Crippen molar-refractivity contribution in [3.63, 3.8) is 0 Å². The maximum Gasteiger partial charge on any atom is 0.193 e. The van der Waals surface area contributed by atoms with Crippen molar-refractivity contribution in [1.82, 2.24) is 15.1 Å². The lowest BCUT2D eigenvalue weighted by atomic mass is 9.93. The lowest BCUT2D eigenvalue weighted by Gasteiger charge is -2.26. The summed E-state index contributed by atoms with van der Waals surface area (Å²) in [5.74, 6) is 1.10. The number of methoxy groups -OCH3 is 1. The van der Waals surface area contributed by atoms with Crippen LogP contribution in [0.25, 0.3) is 0 Å². The lowest BCUT2D eigenvalue weighted by molar-refractivity contribution is 0.142. The summed E-state index contributed by atoms with van der Waals surface area (Å²) < 4.78 is 5.22. The fraction of sp³-hybridized carbons (Fsp3) is 0.941. The molecule has 0 saturated carbocycles. The molecule has 1 unspecified atom stereocenters. The Morgan fingerprint density at radius 2 is 2.18 bits per heavy atom. The van der Waals surface area contributed by atoms with Crippen LogP contribution in [0.2, 0.25) is 0 Å². The normalized spacial score (nSPS) is 25.9. The topological polar surface area (TPSA) is 40.1 Å². The molecule has 2 rings (SSSR count). The van der Waals surface area contributed by atoms with Crippen molar-refractivity contribution in [2.45, 2.75) is 46.1 Å². The first-order chi connectivity index (χ1) is 10.6. The Labute approximate surface area is 136 Å². The molecule has 2 saturated heterocycles. The number of aliphatic imine (C=N–C) groups is 1. The van der Waals surface area contributed by atoms with Crippen molar-refractivity contribution in [3.05, 3.63) is 0 Å². The first kappa shape index (κ1) is 17.5. The fourth-order valence-electron chi connectivity index (χ4n) is 3.52. The summed E-state index contributed by atoms with van der Waals surface area (Å²) >= 11 is 0. The monoisotopic (exact) mass is 310 g/mol. The van der Waals surface area contributed by atoms with Crippen LogP contribution >= 0.6 is 0 Å². The van der Waals surface area contributed by atoms with Gasteiger partial charge in [0.15, 0.2) is 5.96 Å². The molecule has 128 valence electrons. The van der Waals surface area contributed by atoms with Crippen LogP contribution in [0.1, 0.15) is 40.0 Å². The van der Waals surface area contributed by atoms with Crippen LogP contribution < -0.4 is 5.32 Å². The van der Waals surface area contributed by atoms with E-state index in [0.717, 1.165) is 45.3 Å². The SMILES string of the molecule is CCNC(=NCC1CCCN1CCOC)N1CCC(C)(C)C1. The van der Waals surface area contributed by atoms with E-state index >= 15 is 0 Å². The minimum absolute atomic E-state index is 0.411. The van der Waals surface area contributed by atoms with Gasteiger partial charge in [-0.2, -0.15) is 0 Å². The Morgan fingerprint density at radius 3 is 2.82 bits per heavy atom. The highest BCUT2D eigenvalue weighted by Gasteiger charge is 2.31. The van der Waals surface area contributed by atoms with E-state index in [0.29, 0.717) is 11.5 Å². The Bertz CT molecular complexity index is 370. The number of nitrogens with one attached hydrogen (secondary N) is 1. The molecule has 0 amide bonds. The van der Waals surface area contributed by atoms with Gasteiger partial charge < -0.3 is 15.0 Å². The molecule has 22 heavy (non-hydrogen) atoms. The first-order valence-corrected chi connectivity index (χ1v) is 8.82. The van der Waals surface area contributed by atoms with Crippen LogP contribution in [0.3, 0.4) is 0 Å². The molecule has 0 aromatic carbocycles. The van der Waals surface area contributed by atoms with Gasteiger partial charge in [-0.05, 0) is 38.1 Å². The molecular weight excluding hydrogens is 276 g/mol. The van der Waals surface area contributed by atoms with Crippen LogP contribution in [0.5, 0.6) is 0 Å². The van der Waals surface area contributed by atoms with Crippen molar-refractivity contribution in [1.29, 1.82) is 0 Å². The third-order valence-electron chi connectivity index (χ3n) is 4.85. The van der Waals surface area contributed by atoms with Gasteiger partial charge in [0.25, 0.3) is 0 Å². The third kappa shape index (κ3) is 4.85. The number of rotatable bonds is 6. The molecule has 5 nitrogen and oxygen atoms in total. The summed E-state index contributed by atoms with van der Waals surface area (Å²) in [6.07, 6.45) is 3.80. The molecular formula is C17H34N4O. The largest absolute Gasteiger partial charge is 0.383 e. The third-order valence-corrected chi connectivity index (χ3v) is 4.85. The highest BCUT2D eigenvalue weighted by molar-refractivity contribution is 5.80. The highest BCUT2D eigenvalue weighted by Crippen LogP contribution is 2.28. The second-order valence-corrected chi connectivity index (χ2v) is 7.36. The zero-order valence-electron chi connectivity index (χ0n) is 14.9. The van der Waals surface area contributed by atoms with Crippen LogP contribution in [0.15, 0.2) is 4.99 Å². The Balaban J connectivity index is 1.92. The molecule has 0 spiro atoms. The van der Waals surface area contributed by atoms with Crippen LogP contribution in [0, 0.1) is 5.41 Å². The molecule has 5 heteroatoms. The Hall–Kier alpha value is -0.810. The van der Waals surface area contributed by atoms with Gasteiger partial charge in [-0.25, -0.2) is 0 Å². The minimum Gasteiger partial charge on any atom is -0.383 e. The van der Waals surface area contributed by atoms with Crippen molar-refractivity contribution in [2.75, 3.05) is 53.0 Å². The quantitative estimate of drug-likeness (QED) is 0.600. The molecule has 2 aliphatic rings. The maximum absolute atomic E-state index is 5.22. The van der Waals surface area contributed by atoms with E-state index in [4.69, 9.17) is 9.73 Å². The Kier molecular flexibility index (Phi) is 6.50. The second kappa shape index (κ2) is 8.16. The van der Waals surface area contributed by atoms with Crippen molar-refractivity contribution >= 4 is 5.96 Å². The average molecular weight is 310 g/mol. The van der Waals surface area contributed by atoms with Gasteiger partial charge in [0, 0.05) is 39.3 Å². The summed E-state index contributed by atoms with van der Waals surface area (Å²) in [6, 6.07) is 0.583. The molecule has 1 N–H and O–H groups in total. The fourth-order valence-corrected chi connectivity index (χ4v) is 3.52. The summed E-state index contributed by atoms with van der Waals surface area (Å²) in [7, 11) is 1.78. The van der Waals surface area contributed by atoms with Crippen LogP contribution in [-0.2, 0) is 4.74 Å². The van der Waals surface area contributed by atoms with E-state index < -0.39 is 0 Å². The van der Waals surface area contributed by atoms with Crippen molar-refractivity contribution < 1.29 is 4.74 Å². The zero-order chi connectivity index (χ0) is 16.0. The van der Waals surface area contributed by atoms with E-state index in [1.807, 2.05) is 0 Å². The van der Waals surface area contributed by atoms with Gasteiger partial charge in [0.05, 0.1) is 13.2 Å². The maximum atomic E-state index is 5.22. The summed E-state index contributed by atoms with van der Waals surface area (Å²) in [5, 5.41) is 3.48. The molecule has 0 aromatic rings. The van der Waals surface area contributed by atoms with Gasteiger partial charge in [-0.1, -0.05) is 13.8 Å². The Morgan fingerprint density at radius 1 is 1.36 bits per heavy atom. The van der Waals surface area contributed by atoms with E-state index in [1.165, 1.54) is 25.8 Å². The first-order valence-electron chi connectivity index (χ1n) is 8.82. The molecule has 2 aliphatic heterocycles. The predicted octanol–water partition coefficient (Wildman–Crippen LogP) is 1.79. The highest BCUT2D eigenvalue weighted by atomic mass is 16.5. The van der Waals surface area contributed by atoms with E-state index in [1.54, 1.807) is 7.11 Å². The number of nitrogens with zero attached hydrogens (tertiary/aromatic N) is 3. The number of hydrogen-bond donors (Lipinski definition) is 1. The van der Waals surface area contributed by atoms with Gasteiger partial charge in [-0.3, -0.25) is 9.89 Å². The summed E-state index contributed by atoms with van der Waals surface area (Å²) in [4.78, 5) is 9.91. The van der Waals surface area contributed by atoms with Gasteiger partial charge in [0.2, 0.25) is 0 Å². The number of likely N-dealkylation sites (tertiary alicyclic amines) is 2. The smallest absolute Gasteiger partial charge is 0.193 e. The predicted molar refractivity (Wildman–Crippen MR) is 92.4 cm³/mol. The molecule has 1 atom stereocenters. The van der Waals surface area contributed by atoms with Gasteiger partial charge in [0.1, 0.15) is 0 Å². The van der Waals surface area contributed by atoms with Crippen molar-refractivity contribution in [3.8, 4) is 0 Å². The number of ether oxygens (including phenoxy) is 1. The molecule has 0 aliphatic carbocycles. The summed E-state index contributed by atoms with van der Waals surface area (Å²) in [6.45, 7) is 14.0. The minimum atomic E-state index is 0.411.